The zero-order valence-electron chi connectivity index (χ0n) is 16.0. The number of rotatable bonds is 6. The molecule has 0 spiro atoms. The van der Waals surface area contributed by atoms with Gasteiger partial charge in [-0.15, -0.1) is 11.3 Å². The molecule has 0 atom stereocenters. The first kappa shape index (κ1) is 20.1. The van der Waals surface area contributed by atoms with Crippen LogP contribution in [0.25, 0.3) is 16.2 Å². The Hall–Kier alpha value is -3.23. The molecule has 0 unspecified atom stereocenters. The van der Waals surface area contributed by atoms with Crippen LogP contribution in [0.4, 0.5) is 11.4 Å². The number of carbonyl (C=O) groups is 1. The van der Waals surface area contributed by atoms with Crippen molar-refractivity contribution in [1.82, 2.24) is 9.38 Å². The van der Waals surface area contributed by atoms with Crippen LogP contribution in [-0.4, -0.2) is 20.2 Å². The van der Waals surface area contributed by atoms with E-state index in [2.05, 4.69) is 29.4 Å². The molecule has 0 saturated heterocycles. The first-order valence-corrected chi connectivity index (χ1v) is 10.5. The second kappa shape index (κ2) is 8.25. The lowest BCUT2D eigenvalue weighted by atomic mass is 10.1. The van der Waals surface area contributed by atoms with E-state index in [9.17, 15) is 14.9 Å². The number of nitro groups is 1. The lowest BCUT2D eigenvalue weighted by Crippen LogP contribution is -2.16. The van der Waals surface area contributed by atoms with Crippen molar-refractivity contribution in [2.75, 3.05) is 5.32 Å². The highest BCUT2D eigenvalue weighted by Gasteiger charge is 2.18. The van der Waals surface area contributed by atoms with Gasteiger partial charge in [0.15, 0.2) is 4.96 Å². The Balaban J connectivity index is 1.55. The lowest BCUT2D eigenvalue weighted by molar-refractivity contribution is -0.383. The Morgan fingerprint density at radius 2 is 2.03 bits per heavy atom. The molecule has 2 heterocycles. The molecular formula is C21H17ClN4O3S. The van der Waals surface area contributed by atoms with Gasteiger partial charge in [0, 0.05) is 33.9 Å². The van der Waals surface area contributed by atoms with Gasteiger partial charge in [-0.25, -0.2) is 4.98 Å². The second-order valence-electron chi connectivity index (χ2n) is 6.70. The van der Waals surface area contributed by atoms with Gasteiger partial charge in [-0.1, -0.05) is 42.8 Å². The summed E-state index contributed by atoms with van der Waals surface area (Å²) in [4.78, 5) is 28.6. The lowest BCUT2D eigenvalue weighted by Gasteiger charge is -2.06. The van der Waals surface area contributed by atoms with Crippen molar-refractivity contribution in [3.8, 4) is 11.3 Å². The number of halogens is 1. The number of amides is 1. The molecule has 2 aromatic carbocycles. The summed E-state index contributed by atoms with van der Waals surface area (Å²) in [6, 6.07) is 12.4. The molecule has 1 N–H and O–H groups in total. The maximum absolute atomic E-state index is 12.5. The van der Waals surface area contributed by atoms with E-state index in [0.717, 1.165) is 28.3 Å². The van der Waals surface area contributed by atoms with E-state index < -0.39 is 4.92 Å². The van der Waals surface area contributed by atoms with Crippen molar-refractivity contribution in [1.29, 1.82) is 0 Å². The molecular weight excluding hydrogens is 424 g/mol. The van der Waals surface area contributed by atoms with Crippen LogP contribution in [0.1, 0.15) is 18.2 Å². The number of aromatic nitrogens is 2. The minimum absolute atomic E-state index is 0.0599. The van der Waals surface area contributed by atoms with Gasteiger partial charge in [0.1, 0.15) is 5.69 Å². The summed E-state index contributed by atoms with van der Waals surface area (Å²) in [6.07, 6.45) is 2.94. The maximum Gasteiger partial charge on any atom is 0.294 e. The predicted octanol–water partition coefficient (Wildman–Crippen LogP) is 5.37. The molecule has 4 aromatic rings. The van der Waals surface area contributed by atoms with Crippen molar-refractivity contribution in [2.45, 2.75) is 19.8 Å². The molecule has 0 aliphatic heterocycles. The number of hydrogen-bond donors (Lipinski definition) is 1. The van der Waals surface area contributed by atoms with Gasteiger partial charge < -0.3 is 5.32 Å². The highest BCUT2D eigenvalue weighted by atomic mass is 35.5. The molecule has 152 valence electrons. The minimum atomic E-state index is -0.573. The largest absolute Gasteiger partial charge is 0.320 e. The molecule has 1 amide bonds. The minimum Gasteiger partial charge on any atom is -0.320 e. The third-order valence-electron chi connectivity index (χ3n) is 4.71. The number of aryl methyl sites for hydroxylation is 1. The molecule has 0 fully saturated rings. The summed E-state index contributed by atoms with van der Waals surface area (Å²) in [5.41, 5.74) is 3.73. The fourth-order valence-corrected chi connectivity index (χ4v) is 4.17. The Morgan fingerprint density at radius 3 is 2.73 bits per heavy atom. The predicted molar refractivity (Wildman–Crippen MR) is 118 cm³/mol. The number of imidazole rings is 1. The van der Waals surface area contributed by atoms with E-state index in [1.807, 2.05) is 28.1 Å². The van der Waals surface area contributed by atoms with Crippen LogP contribution >= 0.6 is 22.9 Å². The Morgan fingerprint density at radius 1 is 1.27 bits per heavy atom. The maximum atomic E-state index is 12.5. The van der Waals surface area contributed by atoms with Gasteiger partial charge in [0.25, 0.3) is 5.69 Å². The van der Waals surface area contributed by atoms with E-state index in [4.69, 9.17) is 11.6 Å². The van der Waals surface area contributed by atoms with Gasteiger partial charge in [-0.3, -0.25) is 19.3 Å². The summed E-state index contributed by atoms with van der Waals surface area (Å²) < 4.78 is 1.88. The third kappa shape index (κ3) is 4.05. The Labute approximate surface area is 181 Å². The molecule has 4 rings (SSSR count). The van der Waals surface area contributed by atoms with E-state index >= 15 is 0 Å². The van der Waals surface area contributed by atoms with E-state index in [1.54, 1.807) is 0 Å². The quantitative estimate of drug-likeness (QED) is 0.322. The number of benzene rings is 2. The first-order chi connectivity index (χ1) is 14.4. The number of anilines is 1. The summed E-state index contributed by atoms with van der Waals surface area (Å²) in [6.45, 7) is 2.11. The van der Waals surface area contributed by atoms with Gasteiger partial charge >= 0.3 is 0 Å². The number of fused-ring (bicyclic) bond motifs is 1. The van der Waals surface area contributed by atoms with Crippen LogP contribution in [0.2, 0.25) is 5.02 Å². The Kier molecular flexibility index (Phi) is 5.52. The van der Waals surface area contributed by atoms with Crippen LogP contribution in [0, 0.1) is 10.1 Å². The zero-order chi connectivity index (χ0) is 21.3. The van der Waals surface area contributed by atoms with E-state index in [1.165, 1.54) is 35.1 Å². The summed E-state index contributed by atoms with van der Waals surface area (Å²) in [5, 5.41) is 15.9. The molecule has 2 aromatic heterocycles. The molecule has 9 heteroatoms. The van der Waals surface area contributed by atoms with E-state index in [0.29, 0.717) is 0 Å². The highest BCUT2D eigenvalue weighted by molar-refractivity contribution is 7.15. The van der Waals surface area contributed by atoms with Crippen molar-refractivity contribution in [2.24, 2.45) is 0 Å². The van der Waals surface area contributed by atoms with E-state index in [-0.39, 0.29) is 28.7 Å². The summed E-state index contributed by atoms with van der Waals surface area (Å²) >= 11 is 7.26. The smallest absolute Gasteiger partial charge is 0.294 e. The van der Waals surface area contributed by atoms with Gasteiger partial charge in [0.2, 0.25) is 5.91 Å². The van der Waals surface area contributed by atoms with Crippen LogP contribution in [0.3, 0.4) is 0 Å². The monoisotopic (exact) mass is 440 g/mol. The van der Waals surface area contributed by atoms with Crippen LogP contribution in [-0.2, 0) is 17.6 Å². The zero-order valence-corrected chi connectivity index (χ0v) is 17.5. The van der Waals surface area contributed by atoms with Crippen molar-refractivity contribution < 1.29 is 9.72 Å². The molecule has 0 aliphatic rings. The highest BCUT2D eigenvalue weighted by Crippen LogP contribution is 2.28. The van der Waals surface area contributed by atoms with Crippen molar-refractivity contribution in [3.63, 3.8) is 0 Å². The van der Waals surface area contributed by atoms with Gasteiger partial charge in [-0.2, -0.15) is 0 Å². The summed E-state index contributed by atoms with van der Waals surface area (Å²) in [7, 11) is 0. The molecule has 30 heavy (non-hydrogen) atoms. The number of thiazole rings is 1. The van der Waals surface area contributed by atoms with Crippen LogP contribution < -0.4 is 5.32 Å². The number of carbonyl (C=O) groups excluding carboxylic acids is 1. The van der Waals surface area contributed by atoms with Gasteiger partial charge in [0.05, 0.1) is 17.0 Å². The SMILES string of the molecule is CCc1ccc(-c2cn3c(CC(=O)Nc4ccc(Cl)cc4[N+](=O)[O-])csc3n2)cc1. The van der Waals surface area contributed by atoms with Crippen molar-refractivity contribution in [3.05, 3.63) is 80.4 Å². The molecule has 0 radical (unpaired) electrons. The number of nitro benzene ring substituents is 1. The topological polar surface area (TPSA) is 89.5 Å². The van der Waals surface area contributed by atoms with Crippen LogP contribution in [0.5, 0.6) is 0 Å². The number of hydrogen-bond acceptors (Lipinski definition) is 5. The second-order valence-corrected chi connectivity index (χ2v) is 7.97. The molecule has 7 nitrogen and oxygen atoms in total. The van der Waals surface area contributed by atoms with Gasteiger partial charge in [-0.05, 0) is 24.1 Å². The van der Waals surface area contributed by atoms with Crippen molar-refractivity contribution >= 4 is 45.2 Å². The standard InChI is InChI=1S/C21H17ClN4O3S/c1-2-13-3-5-14(6-4-13)18-11-25-16(12-30-21(25)24-18)10-20(27)23-17-8-7-15(22)9-19(17)26(28)29/h3-9,11-12H,2,10H2,1H3,(H,23,27). The first-order valence-electron chi connectivity index (χ1n) is 9.23. The molecule has 0 saturated carbocycles. The average molecular weight is 441 g/mol. The molecule has 0 aliphatic carbocycles. The van der Waals surface area contributed by atoms with Crippen LogP contribution in [0.15, 0.2) is 54.0 Å². The fourth-order valence-electron chi connectivity index (χ4n) is 3.13. The fraction of sp³-hybridized carbons (Fsp3) is 0.143. The number of nitrogens with one attached hydrogen (secondary N) is 1. The Bertz CT molecular complexity index is 1250. The number of nitrogens with zero attached hydrogens (tertiary/aromatic N) is 3. The molecule has 0 bridgehead atoms. The normalized spacial score (nSPS) is 11.0. The summed E-state index contributed by atoms with van der Waals surface area (Å²) in [5.74, 6) is -0.359. The average Bonchev–Trinajstić information content (AvgIpc) is 3.31. The third-order valence-corrected chi connectivity index (χ3v) is 5.84.